The van der Waals surface area contributed by atoms with E-state index in [9.17, 15) is 4.79 Å². The number of hydrogen-bond acceptors (Lipinski definition) is 3. The van der Waals surface area contributed by atoms with Crippen LogP contribution in [0.2, 0.25) is 10.0 Å². The van der Waals surface area contributed by atoms with Crippen LogP contribution in [-0.4, -0.2) is 12.5 Å². The lowest BCUT2D eigenvalue weighted by Crippen LogP contribution is -2.30. The molecule has 2 rings (SSSR count). The van der Waals surface area contributed by atoms with Gasteiger partial charge >= 0.3 is 0 Å². The molecule has 106 valence electrons. The molecule has 0 radical (unpaired) electrons. The summed E-state index contributed by atoms with van der Waals surface area (Å²) < 4.78 is 5.37. The Bertz CT molecular complexity index is 587. The zero-order valence-corrected chi connectivity index (χ0v) is 13.1. The molecule has 1 aromatic heterocycles. The fraction of sp³-hybridized carbons (Fsp3) is 0.214. The van der Waals surface area contributed by atoms with Gasteiger partial charge in [0.15, 0.2) is 6.61 Å². The Labute approximate surface area is 131 Å². The summed E-state index contributed by atoms with van der Waals surface area (Å²) in [5, 5.41) is 5.70. The Morgan fingerprint density at radius 2 is 2.15 bits per heavy atom. The van der Waals surface area contributed by atoms with Gasteiger partial charge in [0.25, 0.3) is 5.91 Å². The molecule has 0 bridgehead atoms. The lowest BCUT2D eigenvalue weighted by Gasteiger charge is -2.13. The highest BCUT2D eigenvalue weighted by Gasteiger charge is 2.11. The molecule has 0 saturated carbocycles. The Morgan fingerprint density at radius 1 is 1.35 bits per heavy atom. The maximum absolute atomic E-state index is 11.8. The van der Waals surface area contributed by atoms with Crippen molar-refractivity contribution in [2.45, 2.75) is 13.0 Å². The minimum absolute atomic E-state index is 0.0279. The summed E-state index contributed by atoms with van der Waals surface area (Å²) in [4.78, 5) is 12.9. The molecule has 1 aromatic carbocycles. The Kier molecular flexibility index (Phi) is 5.29. The van der Waals surface area contributed by atoms with E-state index in [1.807, 2.05) is 24.4 Å². The summed E-state index contributed by atoms with van der Waals surface area (Å²) in [6.45, 7) is 1.87. The molecule has 1 atom stereocenters. The maximum Gasteiger partial charge on any atom is 0.258 e. The second-order valence-electron chi connectivity index (χ2n) is 4.17. The molecule has 1 amide bonds. The Morgan fingerprint density at radius 3 is 2.80 bits per heavy atom. The van der Waals surface area contributed by atoms with E-state index in [1.54, 1.807) is 29.5 Å². The van der Waals surface area contributed by atoms with E-state index in [2.05, 4.69) is 5.32 Å². The van der Waals surface area contributed by atoms with Gasteiger partial charge in [-0.2, -0.15) is 0 Å². The van der Waals surface area contributed by atoms with Gasteiger partial charge in [-0.15, -0.1) is 11.3 Å². The van der Waals surface area contributed by atoms with Crippen LogP contribution in [0.1, 0.15) is 17.8 Å². The van der Waals surface area contributed by atoms with E-state index in [0.29, 0.717) is 15.8 Å². The number of halogens is 2. The lowest BCUT2D eigenvalue weighted by molar-refractivity contribution is -0.123. The minimum atomic E-state index is -0.183. The van der Waals surface area contributed by atoms with E-state index in [-0.39, 0.29) is 18.6 Å². The molecule has 0 aliphatic carbocycles. The molecule has 0 unspecified atom stereocenters. The zero-order chi connectivity index (χ0) is 14.5. The van der Waals surface area contributed by atoms with Crippen LogP contribution in [0.25, 0.3) is 0 Å². The fourth-order valence-corrected chi connectivity index (χ4v) is 2.63. The largest absolute Gasteiger partial charge is 0.484 e. The number of thiophene rings is 1. The molecular formula is C14H13Cl2NO2S. The SMILES string of the molecule is C[C@@H](NC(=O)COc1ccc(Cl)c(Cl)c1)c1cccs1. The third-order valence-corrected chi connectivity index (χ3v) is 4.40. The molecular weight excluding hydrogens is 317 g/mol. The molecule has 1 N–H and O–H groups in total. The number of nitrogens with one attached hydrogen (secondary N) is 1. The second kappa shape index (κ2) is 6.97. The average molecular weight is 330 g/mol. The quantitative estimate of drug-likeness (QED) is 0.887. The minimum Gasteiger partial charge on any atom is -0.484 e. The van der Waals surface area contributed by atoms with Crippen LogP contribution in [0.3, 0.4) is 0 Å². The van der Waals surface area contributed by atoms with E-state index >= 15 is 0 Å². The second-order valence-corrected chi connectivity index (χ2v) is 5.96. The summed E-state index contributed by atoms with van der Waals surface area (Å²) in [6.07, 6.45) is 0. The number of rotatable bonds is 5. The van der Waals surface area contributed by atoms with Crippen LogP contribution in [0.15, 0.2) is 35.7 Å². The molecule has 20 heavy (non-hydrogen) atoms. The van der Waals surface area contributed by atoms with Crippen LogP contribution >= 0.6 is 34.5 Å². The van der Waals surface area contributed by atoms with E-state index < -0.39 is 0 Å². The van der Waals surface area contributed by atoms with Crippen LogP contribution in [0.5, 0.6) is 5.75 Å². The van der Waals surface area contributed by atoms with Gasteiger partial charge in [-0.1, -0.05) is 29.3 Å². The van der Waals surface area contributed by atoms with Gasteiger partial charge in [0.05, 0.1) is 16.1 Å². The summed E-state index contributed by atoms with van der Waals surface area (Å²) in [5.41, 5.74) is 0. The Hall–Kier alpha value is -1.23. The fourth-order valence-electron chi connectivity index (χ4n) is 1.61. The third-order valence-electron chi connectivity index (χ3n) is 2.61. The van der Waals surface area contributed by atoms with Crippen molar-refractivity contribution >= 4 is 40.4 Å². The van der Waals surface area contributed by atoms with Gasteiger partial charge in [0.1, 0.15) is 5.75 Å². The number of amides is 1. The Balaban J connectivity index is 1.84. The number of hydrogen-bond donors (Lipinski definition) is 1. The molecule has 0 fully saturated rings. The molecule has 0 aliphatic heterocycles. The van der Waals surface area contributed by atoms with Crippen LogP contribution in [0, 0.1) is 0 Å². The van der Waals surface area contributed by atoms with Gasteiger partial charge in [-0.3, -0.25) is 4.79 Å². The monoisotopic (exact) mass is 329 g/mol. The van der Waals surface area contributed by atoms with Crippen molar-refractivity contribution in [3.8, 4) is 5.75 Å². The number of carbonyl (C=O) groups excluding carboxylic acids is 1. The van der Waals surface area contributed by atoms with Crippen molar-refractivity contribution in [3.05, 3.63) is 50.6 Å². The smallest absolute Gasteiger partial charge is 0.258 e. The normalized spacial score (nSPS) is 11.9. The van der Waals surface area contributed by atoms with Crippen molar-refractivity contribution < 1.29 is 9.53 Å². The summed E-state index contributed by atoms with van der Waals surface area (Å²) >= 11 is 13.3. The molecule has 2 aromatic rings. The molecule has 1 heterocycles. The molecule has 6 heteroatoms. The van der Waals surface area contributed by atoms with Gasteiger partial charge in [0, 0.05) is 10.9 Å². The van der Waals surface area contributed by atoms with E-state index in [1.165, 1.54) is 0 Å². The average Bonchev–Trinajstić information content (AvgIpc) is 2.94. The van der Waals surface area contributed by atoms with Crippen LogP contribution in [0.4, 0.5) is 0 Å². The first-order valence-corrected chi connectivity index (χ1v) is 7.60. The molecule has 0 aliphatic rings. The highest BCUT2D eigenvalue weighted by molar-refractivity contribution is 7.10. The first-order valence-electron chi connectivity index (χ1n) is 5.97. The van der Waals surface area contributed by atoms with Gasteiger partial charge < -0.3 is 10.1 Å². The highest BCUT2D eigenvalue weighted by atomic mass is 35.5. The first kappa shape index (κ1) is 15.2. The van der Waals surface area contributed by atoms with Crippen molar-refractivity contribution in [1.29, 1.82) is 0 Å². The molecule has 3 nitrogen and oxygen atoms in total. The number of ether oxygens (including phenoxy) is 1. The van der Waals surface area contributed by atoms with Crippen LogP contribution < -0.4 is 10.1 Å². The zero-order valence-electron chi connectivity index (χ0n) is 10.7. The summed E-state index contributed by atoms with van der Waals surface area (Å²) in [5.74, 6) is 0.329. The van der Waals surface area contributed by atoms with E-state index in [4.69, 9.17) is 27.9 Å². The van der Waals surface area contributed by atoms with Crippen LogP contribution in [-0.2, 0) is 4.79 Å². The third kappa shape index (κ3) is 4.13. The highest BCUT2D eigenvalue weighted by Crippen LogP contribution is 2.26. The van der Waals surface area contributed by atoms with Gasteiger partial charge in [-0.25, -0.2) is 0 Å². The molecule has 0 saturated heterocycles. The molecule has 0 spiro atoms. The van der Waals surface area contributed by atoms with Crippen molar-refractivity contribution in [2.75, 3.05) is 6.61 Å². The predicted molar refractivity (Wildman–Crippen MR) is 82.8 cm³/mol. The van der Waals surface area contributed by atoms with Crippen molar-refractivity contribution in [3.63, 3.8) is 0 Å². The van der Waals surface area contributed by atoms with Crippen molar-refractivity contribution in [1.82, 2.24) is 5.32 Å². The first-order chi connectivity index (χ1) is 9.56. The number of carbonyl (C=O) groups is 1. The summed E-state index contributed by atoms with van der Waals surface area (Å²) in [6, 6.07) is 8.79. The predicted octanol–water partition coefficient (Wildman–Crippen LogP) is 4.31. The van der Waals surface area contributed by atoms with E-state index in [0.717, 1.165) is 4.88 Å². The van der Waals surface area contributed by atoms with Crippen molar-refractivity contribution in [2.24, 2.45) is 0 Å². The topological polar surface area (TPSA) is 38.3 Å². The lowest BCUT2D eigenvalue weighted by atomic mass is 10.3. The summed E-state index contributed by atoms with van der Waals surface area (Å²) in [7, 11) is 0. The van der Waals surface area contributed by atoms with Gasteiger partial charge in [-0.05, 0) is 30.5 Å². The number of benzene rings is 1. The maximum atomic E-state index is 11.8. The standard InChI is InChI=1S/C14H13Cl2NO2S/c1-9(13-3-2-6-20-13)17-14(18)8-19-10-4-5-11(15)12(16)7-10/h2-7,9H,8H2,1H3,(H,17,18)/t9-/m1/s1. The van der Waals surface area contributed by atoms with Gasteiger partial charge in [0.2, 0.25) is 0 Å².